The van der Waals surface area contributed by atoms with Gasteiger partial charge >= 0.3 is 18.0 Å². The zero-order valence-electron chi connectivity index (χ0n) is 23.0. The molecule has 6 N–H and O–H groups in total. The zero-order chi connectivity index (χ0) is 29.8. The molecule has 2 aromatic carbocycles. The number of carbonyl (C=O) groups is 5. The maximum absolute atomic E-state index is 12.6. The van der Waals surface area contributed by atoms with Gasteiger partial charge in [-0.3, -0.25) is 9.59 Å². The second-order valence-electron chi connectivity index (χ2n) is 9.18. The van der Waals surface area contributed by atoms with Gasteiger partial charge in [-0.2, -0.15) is 0 Å². The molecule has 6 amide bonds. The van der Waals surface area contributed by atoms with Crippen molar-refractivity contribution in [3.05, 3.63) is 53.6 Å². The minimum Gasteiger partial charge on any atom is -0.495 e. The second kappa shape index (κ2) is 15.0. The lowest BCUT2D eigenvalue weighted by atomic mass is 10.1. The first-order valence-corrected chi connectivity index (χ1v) is 12.5. The van der Waals surface area contributed by atoms with Gasteiger partial charge in [-0.25, -0.2) is 14.4 Å². The smallest absolute Gasteiger partial charge is 0.326 e. The number of primary amides is 1. The van der Waals surface area contributed by atoms with Crippen molar-refractivity contribution in [1.29, 1.82) is 0 Å². The van der Waals surface area contributed by atoms with E-state index >= 15 is 0 Å². The molecule has 0 bridgehead atoms. The fourth-order valence-corrected chi connectivity index (χ4v) is 3.61. The molecule has 13 heteroatoms. The molecule has 0 spiro atoms. The van der Waals surface area contributed by atoms with Crippen molar-refractivity contribution in [3.8, 4) is 5.75 Å². The molecule has 1 atom stereocenters. The van der Waals surface area contributed by atoms with Gasteiger partial charge in [0.1, 0.15) is 11.8 Å². The molecule has 0 aliphatic rings. The average Bonchev–Trinajstić information content (AvgIpc) is 2.91. The number of urea groups is 2. The molecule has 1 unspecified atom stereocenters. The zero-order valence-corrected chi connectivity index (χ0v) is 23.0. The van der Waals surface area contributed by atoms with Crippen molar-refractivity contribution < 1.29 is 33.8 Å². The van der Waals surface area contributed by atoms with Crippen LogP contribution in [0.15, 0.2) is 42.5 Å². The van der Waals surface area contributed by atoms with Gasteiger partial charge < -0.3 is 41.3 Å². The minimum absolute atomic E-state index is 0.135. The quantitative estimate of drug-likeness (QED) is 0.250. The first-order valence-electron chi connectivity index (χ1n) is 12.5. The summed E-state index contributed by atoms with van der Waals surface area (Å²) in [6.45, 7) is 2.23. The lowest BCUT2D eigenvalue weighted by molar-refractivity contribution is -0.140. The number of nitrogens with one attached hydrogen (secondary N) is 3. The molecule has 0 aliphatic heterocycles. The Morgan fingerprint density at radius 1 is 0.975 bits per heavy atom. The van der Waals surface area contributed by atoms with Crippen molar-refractivity contribution in [2.24, 2.45) is 5.73 Å². The van der Waals surface area contributed by atoms with Crippen molar-refractivity contribution in [3.63, 3.8) is 0 Å². The predicted octanol–water partition coefficient (Wildman–Crippen LogP) is 2.01. The van der Waals surface area contributed by atoms with Gasteiger partial charge in [-0.05, 0) is 42.7 Å². The van der Waals surface area contributed by atoms with Crippen LogP contribution in [0.4, 0.5) is 21.0 Å². The number of aliphatic carboxylic acids is 1. The maximum Gasteiger partial charge on any atom is 0.326 e. The molecule has 40 heavy (non-hydrogen) atoms. The summed E-state index contributed by atoms with van der Waals surface area (Å²) in [4.78, 5) is 62.2. The maximum atomic E-state index is 12.6. The Kier molecular flexibility index (Phi) is 11.7. The summed E-state index contributed by atoms with van der Waals surface area (Å²) in [5, 5.41) is 16.9. The number of anilines is 2. The number of rotatable bonds is 13. The standard InChI is InChI=1S/C27H36N6O7/c1-17-7-5-6-8-19(17)29-26(38)30-20-11-9-18(15-22(20)40-4)10-12-24(35)32(2)13-14-33(3)27(39)31-21(25(36)37)16-23(28)34/h5-9,11,15,21H,10,12-14,16H2,1-4H3,(H2,28,34)(H,31,39)(H,36,37)(H2,29,30,38). The van der Waals surface area contributed by atoms with Crippen LogP contribution in [-0.4, -0.2) is 85.1 Å². The Morgan fingerprint density at radius 2 is 1.62 bits per heavy atom. The summed E-state index contributed by atoms with van der Waals surface area (Å²) in [5.41, 5.74) is 7.94. The number of methoxy groups -OCH3 is 1. The van der Waals surface area contributed by atoms with E-state index in [1.807, 2.05) is 25.1 Å². The molecule has 0 aliphatic carbocycles. The van der Waals surface area contributed by atoms with Crippen LogP contribution in [0, 0.1) is 6.92 Å². The Morgan fingerprint density at radius 3 is 2.25 bits per heavy atom. The molecule has 2 aromatic rings. The van der Waals surface area contributed by atoms with Gasteiger partial charge in [0.15, 0.2) is 0 Å². The minimum atomic E-state index is -1.44. The van der Waals surface area contributed by atoms with E-state index in [-0.39, 0.29) is 25.4 Å². The molecule has 0 radical (unpaired) electrons. The molecule has 0 aromatic heterocycles. The van der Waals surface area contributed by atoms with E-state index in [9.17, 15) is 24.0 Å². The predicted molar refractivity (Wildman–Crippen MR) is 149 cm³/mol. The van der Waals surface area contributed by atoms with Crippen LogP contribution in [0.3, 0.4) is 0 Å². The lowest BCUT2D eigenvalue weighted by Gasteiger charge is -2.24. The number of hydrogen-bond donors (Lipinski definition) is 5. The van der Waals surface area contributed by atoms with Crippen molar-refractivity contribution in [1.82, 2.24) is 15.1 Å². The fourth-order valence-electron chi connectivity index (χ4n) is 3.61. The number of nitrogens with zero attached hydrogens (tertiary/aromatic N) is 2. The summed E-state index contributed by atoms with van der Waals surface area (Å²) >= 11 is 0. The number of carboxylic acid groups (broad SMARTS) is 1. The van der Waals surface area contributed by atoms with Crippen LogP contribution in [0.5, 0.6) is 5.75 Å². The van der Waals surface area contributed by atoms with Crippen LogP contribution in [0.1, 0.15) is 24.0 Å². The summed E-state index contributed by atoms with van der Waals surface area (Å²) < 4.78 is 5.42. The summed E-state index contributed by atoms with van der Waals surface area (Å²) in [7, 11) is 4.53. The van der Waals surface area contributed by atoms with Gasteiger partial charge in [0.05, 0.1) is 19.2 Å². The number of carboxylic acids is 1. The van der Waals surface area contributed by atoms with E-state index in [2.05, 4.69) is 16.0 Å². The number of nitrogens with two attached hydrogens (primary N) is 1. The van der Waals surface area contributed by atoms with Gasteiger partial charge in [-0.15, -0.1) is 0 Å². The number of ether oxygens (including phenoxy) is 1. The van der Waals surface area contributed by atoms with E-state index in [4.69, 9.17) is 15.6 Å². The van der Waals surface area contributed by atoms with Gasteiger partial charge in [-0.1, -0.05) is 24.3 Å². The van der Waals surface area contributed by atoms with Crippen LogP contribution < -0.4 is 26.4 Å². The third-order valence-corrected chi connectivity index (χ3v) is 6.08. The highest BCUT2D eigenvalue weighted by molar-refractivity contribution is 6.01. The summed E-state index contributed by atoms with van der Waals surface area (Å²) in [5.74, 6) is -1.95. The Hall–Kier alpha value is -4.81. The highest BCUT2D eigenvalue weighted by Gasteiger charge is 2.24. The Bertz CT molecular complexity index is 1240. The largest absolute Gasteiger partial charge is 0.495 e. The molecular formula is C27H36N6O7. The number of para-hydroxylation sites is 1. The van der Waals surface area contributed by atoms with Crippen LogP contribution >= 0.6 is 0 Å². The molecule has 2 rings (SSSR count). The van der Waals surface area contributed by atoms with Crippen molar-refractivity contribution >= 4 is 41.2 Å². The van der Waals surface area contributed by atoms with Gasteiger partial charge in [0.2, 0.25) is 11.8 Å². The first-order chi connectivity index (χ1) is 18.9. The number of benzene rings is 2. The Balaban J connectivity index is 1.86. The van der Waals surface area contributed by atoms with Crippen LogP contribution in [0.25, 0.3) is 0 Å². The van der Waals surface area contributed by atoms with E-state index in [1.54, 1.807) is 31.3 Å². The Labute approximate surface area is 232 Å². The molecule has 13 nitrogen and oxygen atoms in total. The first kappa shape index (κ1) is 31.4. The molecule has 0 heterocycles. The van der Waals surface area contributed by atoms with Crippen molar-refractivity contribution in [2.75, 3.05) is 44.9 Å². The number of aryl methyl sites for hydroxylation is 2. The number of amides is 6. The third kappa shape index (κ3) is 9.82. The number of carbonyl (C=O) groups excluding carboxylic acids is 4. The normalized spacial score (nSPS) is 11.1. The SMILES string of the molecule is COc1cc(CCC(=O)N(C)CCN(C)C(=O)NC(CC(N)=O)C(=O)O)ccc1NC(=O)Nc1ccccc1C. The third-order valence-electron chi connectivity index (χ3n) is 6.08. The number of hydrogen-bond acceptors (Lipinski definition) is 6. The summed E-state index contributed by atoms with van der Waals surface area (Å²) in [6, 6.07) is 10.1. The van der Waals surface area contributed by atoms with E-state index in [0.717, 1.165) is 11.1 Å². The summed E-state index contributed by atoms with van der Waals surface area (Å²) in [6.07, 6.45) is 0.0739. The lowest BCUT2D eigenvalue weighted by Crippen LogP contribution is -2.49. The van der Waals surface area contributed by atoms with Crippen LogP contribution in [0.2, 0.25) is 0 Å². The molecule has 0 saturated carbocycles. The average molecular weight is 557 g/mol. The second-order valence-corrected chi connectivity index (χ2v) is 9.18. The molecule has 0 saturated heterocycles. The highest BCUT2D eigenvalue weighted by Crippen LogP contribution is 2.26. The molecule has 216 valence electrons. The molecule has 0 fully saturated rings. The fraction of sp³-hybridized carbons (Fsp3) is 0.370. The van der Waals surface area contributed by atoms with E-state index in [1.165, 1.54) is 24.0 Å². The van der Waals surface area contributed by atoms with E-state index in [0.29, 0.717) is 23.5 Å². The number of likely N-dealkylation sites (N-methyl/N-ethyl adjacent to an activating group) is 2. The topological polar surface area (TPSA) is 183 Å². The van der Waals surface area contributed by atoms with Crippen molar-refractivity contribution in [2.45, 2.75) is 32.2 Å². The van der Waals surface area contributed by atoms with Gasteiger partial charge in [0.25, 0.3) is 0 Å². The molecular weight excluding hydrogens is 520 g/mol. The van der Waals surface area contributed by atoms with Gasteiger partial charge in [0, 0.05) is 39.3 Å². The van der Waals surface area contributed by atoms with Crippen LogP contribution in [-0.2, 0) is 20.8 Å². The van der Waals surface area contributed by atoms with E-state index < -0.39 is 36.4 Å². The highest BCUT2D eigenvalue weighted by atomic mass is 16.5. The monoisotopic (exact) mass is 556 g/mol.